The van der Waals surface area contributed by atoms with Crippen LogP contribution in [0, 0.1) is 17.0 Å². The van der Waals surface area contributed by atoms with Gasteiger partial charge < -0.3 is 5.32 Å². The number of para-hydroxylation sites is 2. The van der Waals surface area contributed by atoms with Crippen molar-refractivity contribution in [3.63, 3.8) is 0 Å². The van der Waals surface area contributed by atoms with Crippen LogP contribution in [0.15, 0.2) is 47.3 Å². The van der Waals surface area contributed by atoms with Crippen molar-refractivity contribution in [1.82, 2.24) is 9.13 Å². The number of aryl methyl sites for hydroxylation is 2. The highest BCUT2D eigenvalue weighted by atomic mass is 16.6. The molecule has 0 saturated carbocycles. The monoisotopic (exact) mass is 368 g/mol. The van der Waals surface area contributed by atoms with Crippen LogP contribution < -0.4 is 11.0 Å². The Morgan fingerprint density at radius 2 is 1.81 bits per heavy atom. The van der Waals surface area contributed by atoms with E-state index in [1.165, 1.54) is 16.7 Å². The van der Waals surface area contributed by atoms with Crippen LogP contribution in [0.5, 0.6) is 0 Å². The van der Waals surface area contributed by atoms with Crippen molar-refractivity contribution in [2.24, 2.45) is 0 Å². The number of imidazole rings is 1. The van der Waals surface area contributed by atoms with Gasteiger partial charge in [-0.3, -0.25) is 24.0 Å². The van der Waals surface area contributed by atoms with Gasteiger partial charge in [0.2, 0.25) is 5.91 Å². The highest BCUT2D eigenvalue weighted by molar-refractivity contribution is 5.92. The maximum Gasteiger partial charge on any atom is 0.329 e. The fourth-order valence-corrected chi connectivity index (χ4v) is 3.06. The lowest BCUT2D eigenvalue weighted by Crippen LogP contribution is -2.29. The van der Waals surface area contributed by atoms with Gasteiger partial charge in [-0.15, -0.1) is 0 Å². The molecule has 1 heterocycles. The Labute approximate surface area is 155 Å². The first kappa shape index (κ1) is 18.4. The highest BCUT2D eigenvalue weighted by Gasteiger charge is 2.16. The number of nitrogens with zero attached hydrogens (tertiary/aromatic N) is 3. The third-order valence-corrected chi connectivity index (χ3v) is 4.38. The summed E-state index contributed by atoms with van der Waals surface area (Å²) in [5.74, 6) is -0.417. The third-order valence-electron chi connectivity index (χ3n) is 4.38. The Balaban J connectivity index is 1.91. The number of nitro groups is 1. The molecule has 8 heteroatoms. The van der Waals surface area contributed by atoms with Crippen LogP contribution in [0.4, 0.5) is 11.4 Å². The van der Waals surface area contributed by atoms with Gasteiger partial charge in [0.25, 0.3) is 5.69 Å². The molecule has 3 aromatic rings. The molecule has 0 aliphatic rings. The molecule has 0 spiro atoms. The quantitative estimate of drug-likeness (QED) is 0.534. The number of fused-ring (bicyclic) bond motifs is 1. The lowest BCUT2D eigenvalue weighted by molar-refractivity contribution is -0.384. The van der Waals surface area contributed by atoms with Crippen LogP contribution in [0.25, 0.3) is 11.0 Å². The van der Waals surface area contributed by atoms with Crippen molar-refractivity contribution in [1.29, 1.82) is 0 Å². The number of non-ortho nitro benzene ring substituents is 1. The van der Waals surface area contributed by atoms with Crippen LogP contribution in [0.1, 0.15) is 18.9 Å². The van der Waals surface area contributed by atoms with Crippen molar-refractivity contribution in [3.05, 3.63) is 68.6 Å². The first-order valence-electron chi connectivity index (χ1n) is 8.65. The number of anilines is 1. The molecule has 1 N–H and O–H groups in total. The predicted octanol–water partition coefficient (Wildman–Crippen LogP) is 3.07. The molecule has 0 aliphatic heterocycles. The molecule has 1 amide bonds. The smallest absolute Gasteiger partial charge is 0.324 e. The van der Waals surface area contributed by atoms with Crippen LogP contribution in [-0.4, -0.2) is 20.0 Å². The number of carbonyl (C=O) groups excluding carboxylic acids is 1. The number of hydrogen-bond acceptors (Lipinski definition) is 4. The summed E-state index contributed by atoms with van der Waals surface area (Å²) in [4.78, 5) is 35.7. The molecule has 0 aliphatic carbocycles. The molecule has 0 saturated heterocycles. The number of rotatable bonds is 6. The minimum absolute atomic E-state index is 0.104. The van der Waals surface area contributed by atoms with E-state index in [1.54, 1.807) is 23.6 Å². The molecule has 0 unspecified atom stereocenters. The number of nitro benzene ring substituents is 1. The maximum atomic E-state index is 12.7. The van der Waals surface area contributed by atoms with Crippen LogP contribution >= 0.6 is 0 Å². The summed E-state index contributed by atoms with van der Waals surface area (Å²) in [6.07, 6.45) is 0.799. The minimum Gasteiger partial charge on any atom is -0.324 e. The molecule has 3 rings (SSSR count). The van der Waals surface area contributed by atoms with Crippen molar-refractivity contribution in [3.8, 4) is 0 Å². The molecule has 0 radical (unpaired) electrons. The second-order valence-corrected chi connectivity index (χ2v) is 6.31. The van der Waals surface area contributed by atoms with Gasteiger partial charge >= 0.3 is 5.69 Å². The third kappa shape index (κ3) is 3.59. The van der Waals surface area contributed by atoms with Gasteiger partial charge in [0, 0.05) is 18.7 Å². The van der Waals surface area contributed by atoms with Crippen molar-refractivity contribution < 1.29 is 9.72 Å². The topological polar surface area (TPSA) is 99.2 Å². The van der Waals surface area contributed by atoms with Crippen molar-refractivity contribution >= 4 is 28.3 Å². The van der Waals surface area contributed by atoms with Crippen molar-refractivity contribution in [2.45, 2.75) is 33.4 Å². The molecular formula is C19H20N4O4. The molecular weight excluding hydrogens is 348 g/mol. The van der Waals surface area contributed by atoms with E-state index in [9.17, 15) is 19.7 Å². The Morgan fingerprint density at radius 3 is 2.44 bits per heavy atom. The van der Waals surface area contributed by atoms with Gasteiger partial charge in [0.15, 0.2) is 0 Å². The van der Waals surface area contributed by atoms with E-state index in [0.717, 1.165) is 11.9 Å². The van der Waals surface area contributed by atoms with E-state index in [0.29, 0.717) is 23.3 Å². The lowest BCUT2D eigenvalue weighted by atomic mass is 10.2. The SMILES string of the molecule is CCCn1c(=O)n(CC(=O)Nc2cc([N+](=O)[O-])ccc2C)c2ccccc21. The highest BCUT2D eigenvalue weighted by Crippen LogP contribution is 2.22. The van der Waals surface area contributed by atoms with Gasteiger partial charge in [0.05, 0.1) is 21.6 Å². The summed E-state index contributed by atoms with van der Waals surface area (Å²) in [6.45, 7) is 4.13. The van der Waals surface area contributed by atoms with Gasteiger partial charge in [-0.2, -0.15) is 0 Å². The Kier molecular flexibility index (Phi) is 5.07. The molecule has 27 heavy (non-hydrogen) atoms. The summed E-state index contributed by atoms with van der Waals surface area (Å²) < 4.78 is 3.08. The summed E-state index contributed by atoms with van der Waals surface area (Å²) in [6, 6.07) is 11.6. The van der Waals surface area contributed by atoms with E-state index in [1.807, 2.05) is 25.1 Å². The molecule has 0 fully saturated rings. The van der Waals surface area contributed by atoms with E-state index >= 15 is 0 Å². The summed E-state index contributed by atoms with van der Waals surface area (Å²) in [5, 5.41) is 13.6. The Bertz CT molecular complexity index is 1080. The number of nitrogens with one attached hydrogen (secondary N) is 1. The largest absolute Gasteiger partial charge is 0.329 e. The van der Waals surface area contributed by atoms with Gasteiger partial charge in [-0.05, 0) is 31.0 Å². The number of hydrogen-bond donors (Lipinski definition) is 1. The first-order valence-corrected chi connectivity index (χ1v) is 8.65. The summed E-state index contributed by atoms with van der Waals surface area (Å²) in [7, 11) is 0. The predicted molar refractivity (Wildman–Crippen MR) is 103 cm³/mol. The lowest BCUT2D eigenvalue weighted by Gasteiger charge is -2.09. The fourth-order valence-electron chi connectivity index (χ4n) is 3.06. The van der Waals surface area contributed by atoms with E-state index in [4.69, 9.17) is 0 Å². The average molecular weight is 368 g/mol. The Hall–Kier alpha value is -3.42. The molecule has 140 valence electrons. The zero-order valence-electron chi connectivity index (χ0n) is 15.1. The molecule has 0 atom stereocenters. The summed E-state index contributed by atoms with van der Waals surface area (Å²) in [5.41, 5.74) is 2.18. The van der Waals surface area contributed by atoms with Crippen LogP contribution in [0.3, 0.4) is 0 Å². The van der Waals surface area contributed by atoms with Crippen LogP contribution in [-0.2, 0) is 17.9 Å². The van der Waals surface area contributed by atoms with Gasteiger partial charge in [0.1, 0.15) is 6.54 Å². The number of benzene rings is 2. The van der Waals surface area contributed by atoms with Gasteiger partial charge in [-0.25, -0.2) is 4.79 Å². The molecule has 2 aromatic carbocycles. The normalized spacial score (nSPS) is 10.9. The van der Waals surface area contributed by atoms with Gasteiger partial charge in [-0.1, -0.05) is 25.1 Å². The molecule has 8 nitrogen and oxygen atoms in total. The standard InChI is InChI=1S/C19H20N4O4/c1-3-10-21-16-6-4-5-7-17(16)22(19(21)25)12-18(24)20-15-11-14(23(26)27)9-8-13(15)2/h4-9,11H,3,10,12H2,1-2H3,(H,20,24). The second kappa shape index (κ2) is 7.45. The van der Waals surface area contributed by atoms with E-state index in [-0.39, 0.29) is 17.9 Å². The van der Waals surface area contributed by atoms with Crippen molar-refractivity contribution in [2.75, 3.05) is 5.32 Å². The van der Waals surface area contributed by atoms with Crippen LogP contribution in [0.2, 0.25) is 0 Å². The minimum atomic E-state index is -0.516. The molecule has 1 aromatic heterocycles. The average Bonchev–Trinajstić information content (AvgIpc) is 2.89. The zero-order chi connectivity index (χ0) is 19.6. The van der Waals surface area contributed by atoms with E-state index in [2.05, 4.69) is 5.32 Å². The fraction of sp³-hybridized carbons (Fsp3) is 0.263. The number of carbonyl (C=O) groups is 1. The van der Waals surface area contributed by atoms with E-state index < -0.39 is 10.8 Å². The number of amides is 1. The molecule has 0 bridgehead atoms. The Morgan fingerprint density at radius 1 is 1.15 bits per heavy atom. The number of aromatic nitrogens is 2. The summed E-state index contributed by atoms with van der Waals surface area (Å²) >= 11 is 0. The zero-order valence-corrected chi connectivity index (χ0v) is 15.1. The maximum absolute atomic E-state index is 12.7. The first-order chi connectivity index (χ1) is 12.9. The second-order valence-electron chi connectivity index (χ2n) is 6.31.